The summed E-state index contributed by atoms with van der Waals surface area (Å²) < 4.78 is 16.8. The van der Waals surface area contributed by atoms with Crippen molar-refractivity contribution in [2.45, 2.75) is 31.1 Å². The fraction of sp³-hybridized carbons (Fsp3) is 0.682. The number of nitrogens with one attached hydrogen (secondary N) is 2. The quantitative estimate of drug-likeness (QED) is 0.213. The molecule has 6 nitrogen and oxygen atoms in total. The molecule has 1 aromatic carbocycles. The Bertz CT molecular complexity index is 650. The molecular formula is C22H35ClIN3O3. The number of hydrogen-bond donors (Lipinski definition) is 2. The molecule has 0 aromatic heterocycles. The highest BCUT2D eigenvalue weighted by Gasteiger charge is 2.36. The van der Waals surface area contributed by atoms with Crippen LogP contribution in [0.5, 0.6) is 0 Å². The van der Waals surface area contributed by atoms with Gasteiger partial charge in [-0.15, -0.1) is 24.0 Å². The summed E-state index contributed by atoms with van der Waals surface area (Å²) in [5, 5.41) is 7.72. The predicted octanol–water partition coefficient (Wildman–Crippen LogP) is 3.61. The first kappa shape index (κ1) is 25.6. The monoisotopic (exact) mass is 551 g/mol. The van der Waals surface area contributed by atoms with Crippen molar-refractivity contribution in [3.8, 4) is 0 Å². The highest BCUT2D eigenvalue weighted by atomic mass is 127. The van der Waals surface area contributed by atoms with Gasteiger partial charge in [-0.2, -0.15) is 0 Å². The lowest BCUT2D eigenvalue weighted by Gasteiger charge is -2.38. The number of nitrogens with zero attached hydrogens (tertiary/aromatic N) is 1. The van der Waals surface area contributed by atoms with Crippen LogP contribution in [0.1, 0.15) is 31.2 Å². The fourth-order valence-corrected chi connectivity index (χ4v) is 4.35. The molecule has 1 atom stereocenters. The molecule has 30 heavy (non-hydrogen) atoms. The van der Waals surface area contributed by atoms with Crippen molar-refractivity contribution in [1.29, 1.82) is 0 Å². The summed E-state index contributed by atoms with van der Waals surface area (Å²) in [6.45, 7) is 6.37. The average Bonchev–Trinajstić information content (AvgIpc) is 3.27. The Kier molecular flexibility index (Phi) is 11.7. The van der Waals surface area contributed by atoms with E-state index >= 15 is 0 Å². The number of halogens is 2. The molecule has 3 rings (SSSR count). The van der Waals surface area contributed by atoms with E-state index in [1.54, 1.807) is 7.05 Å². The zero-order valence-corrected chi connectivity index (χ0v) is 20.9. The number of hydrogen-bond acceptors (Lipinski definition) is 4. The topological polar surface area (TPSA) is 64.1 Å². The van der Waals surface area contributed by atoms with Crippen LogP contribution in [0.2, 0.25) is 5.02 Å². The molecule has 2 N–H and O–H groups in total. The van der Waals surface area contributed by atoms with Crippen LogP contribution in [0.3, 0.4) is 0 Å². The summed E-state index contributed by atoms with van der Waals surface area (Å²) in [7, 11) is 1.80. The second-order valence-electron chi connectivity index (χ2n) is 7.88. The molecule has 0 spiro atoms. The van der Waals surface area contributed by atoms with Crippen molar-refractivity contribution in [2.24, 2.45) is 10.9 Å². The molecular weight excluding hydrogens is 517 g/mol. The van der Waals surface area contributed by atoms with E-state index in [0.717, 1.165) is 89.4 Å². The van der Waals surface area contributed by atoms with Gasteiger partial charge in [0.2, 0.25) is 0 Å². The number of aliphatic imine (C=N–C) groups is 1. The molecule has 2 aliphatic rings. The molecule has 0 bridgehead atoms. The van der Waals surface area contributed by atoms with Gasteiger partial charge in [-0.1, -0.05) is 29.8 Å². The third-order valence-corrected chi connectivity index (χ3v) is 6.18. The van der Waals surface area contributed by atoms with E-state index in [1.165, 1.54) is 5.56 Å². The van der Waals surface area contributed by atoms with E-state index < -0.39 is 0 Å². The normalized spacial score (nSPS) is 21.1. The molecule has 2 aliphatic heterocycles. The lowest BCUT2D eigenvalue weighted by atomic mass is 9.74. The van der Waals surface area contributed by atoms with Crippen LogP contribution in [-0.2, 0) is 19.6 Å². The van der Waals surface area contributed by atoms with E-state index in [2.05, 4.69) is 27.8 Å². The van der Waals surface area contributed by atoms with E-state index in [-0.39, 0.29) is 29.4 Å². The zero-order chi connectivity index (χ0) is 20.4. The minimum Gasteiger partial charge on any atom is -0.381 e. The average molecular weight is 552 g/mol. The molecule has 2 saturated heterocycles. The first-order valence-corrected chi connectivity index (χ1v) is 11.0. The van der Waals surface area contributed by atoms with Gasteiger partial charge in [0.15, 0.2) is 5.96 Å². The number of ether oxygens (including phenoxy) is 3. The maximum atomic E-state index is 6.54. The molecule has 2 fully saturated rings. The smallest absolute Gasteiger partial charge is 0.191 e. The summed E-state index contributed by atoms with van der Waals surface area (Å²) in [4.78, 5) is 4.37. The predicted molar refractivity (Wildman–Crippen MR) is 132 cm³/mol. The highest BCUT2D eigenvalue weighted by molar-refractivity contribution is 14.0. The third kappa shape index (κ3) is 7.51. The number of guanidine groups is 1. The minimum atomic E-state index is -0.0410. The van der Waals surface area contributed by atoms with Gasteiger partial charge < -0.3 is 24.8 Å². The fourth-order valence-electron chi connectivity index (χ4n) is 4.01. The van der Waals surface area contributed by atoms with Gasteiger partial charge in [0.25, 0.3) is 0 Å². The lowest BCUT2D eigenvalue weighted by molar-refractivity contribution is 0.0514. The first-order chi connectivity index (χ1) is 14.2. The summed E-state index contributed by atoms with van der Waals surface area (Å²) in [5.74, 6) is 1.38. The lowest BCUT2D eigenvalue weighted by Crippen LogP contribution is -2.48. The molecule has 0 saturated carbocycles. The van der Waals surface area contributed by atoms with Crippen molar-refractivity contribution < 1.29 is 14.2 Å². The second kappa shape index (κ2) is 13.7. The Morgan fingerprint density at radius 2 is 2.00 bits per heavy atom. The van der Waals surface area contributed by atoms with Crippen LogP contribution >= 0.6 is 35.6 Å². The molecule has 8 heteroatoms. The summed E-state index contributed by atoms with van der Waals surface area (Å²) >= 11 is 6.54. The zero-order valence-electron chi connectivity index (χ0n) is 17.8. The van der Waals surface area contributed by atoms with Crippen LogP contribution in [0, 0.1) is 5.92 Å². The molecule has 170 valence electrons. The molecule has 1 unspecified atom stereocenters. The largest absolute Gasteiger partial charge is 0.381 e. The van der Waals surface area contributed by atoms with Gasteiger partial charge in [0.05, 0.1) is 13.2 Å². The van der Waals surface area contributed by atoms with Gasteiger partial charge in [-0.05, 0) is 37.3 Å². The second-order valence-corrected chi connectivity index (χ2v) is 8.29. The third-order valence-electron chi connectivity index (χ3n) is 5.85. The summed E-state index contributed by atoms with van der Waals surface area (Å²) in [6, 6.07) is 8.15. The van der Waals surface area contributed by atoms with Crippen LogP contribution < -0.4 is 10.6 Å². The highest BCUT2D eigenvalue weighted by Crippen LogP contribution is 2.38. The van der Waals surface area contributed by atoms with Crippen LogP contribution in [-0.4, -0.2) is 65.7 Å². The van der Waals surface area contributed by atoms with Crippen molar-refractivity contribution in [2.75, 3.05) is 59.8 Å². The van der Waals surface area contributed by atoms with E-state index in [0.29, 0.717) is 5.92 Å². The van der Waals surface area contributed by atoms with Gasteiger partial charge in [-0.3, -0.25) is 4.99 Å². The Morgan fingerprint density at radius 3 is 2.70 bits per heavy atom. The Balaban J connectivity index is 0.00000320. The van der Waals surface area contributed by atoms with Crippen molar-refractivity contribution >= 4 is 41.5 Å². The van der Waals surface area contributed by atoms with E-state index in [9.17, 15) is 0 Å². The van der Waals surface area contributed by atoms with Gasteiger partial charge in [0.1, 0.15) is 0 Å². The van der Waals surface area contributed by atoms with Crippen molar-refractivity contribution in [1.82, 2.24) is 10.6 Å². The summed E-state index contributed by atoms with van der Waals surface area (Å²) in [5.41, 5.74) is 1.15. The van der Waals surface area contributed by atoms with Crippen LogP contribution in [0.25, 0.3) is 0 Å². The molecule has 0 aliphatic carbocycles. The van der Waals surface area contributed by atoms with Crippen LogP contribution in [0.15, 0.2) is 29.3 Å². The SMILES string of the molecule is CN=C(NCCCOCC1CCOC1)NCC1(c2ccccc2Cl)CCOCC1.I. The number of benzene rings is 1. The van der Waals surface area contributed by atoms with E-state index in [1.807, 2.05) is 12.1 Å². The molecule has 1 aromatic rings. The van der Waals surface area contributed by atoms with Crippen molar-refractivity contribution in [3.63, 3.8) is 0 Å². The first-order valence-electron chi connectivity index (χ1n) is 10.7. The number of rotatable bonds is 9. The maximum Gasteiger partial charge on any atom is 0.191 e. The summed E-state index contributed by atoms with van der Waals surface area (Å²) in [6.07, 6.45) is 3.95. The van der Waals surface area contributed by atoms with Gasteiger partial charge in [-0.25, -0.2) is 0 Å². The maximum absolute atomic E-state index is 6.54. The molecule has 0 amide bonds. The van der Waals surface area contributed by atoms with Crippen molar-refractivity contribution in [3.05, 3.63) is 34.9 Å². The standard InChI is InChI=1S/C22H34ClN3O3.HI/c1-24-21(25-10-4-11-28-15-18-7-12-29-16-18)26-17-22(8-13-27-14-9-22)19-5-2-3-6-20(19)23;/h2-3,5-6,18H,4,7-17H2,1H3,(H2,24,25,26);1H. The Morgan fingerprint density at radius 1 is 1.20 bits per heavy atom. The van der Waals surface area contributed by atoms with Gasteiger partial charge >= 0.3 is 0 Å². The van der Waals surface area contributed by atoms with Gasteiger partial charge in [0, 0.05) is 62.9 Å². The Hall–Kier alpha value is -0.610. The molecule has 0 radical (unpaired) electrons. The van der Waals surface area contributed by atoms with E-state index in [4.69, 9.17) is 25.8 Å². The minimum absolute atomic E-state index is 0. The molecule has 2 heterocycles. The Labute approximate surface area is 202 Å². The van der Waals surface area contributed by atoms with Crippen LogP contribution in [0.4, 0.5) is 0 Å².